The molecule has 0 saturated heterocycles. The number of nitrogens with zero attached hydrogens (tertiary/aromatic N) is 5. The lowest BCUT2D eigenvalue weighted by atomic mass is 10.2. The third-order valence-electron chi connectivity index (χ3n) is 5.44. The molecule has 0 bridgehead atoms. The van der Waals surface area contributed by atoms with Crippen LogP contribution < -0.4 is 15.5 Å². The van der Waals surface area contributed by atoms with E-state index in [0.717, 1.165) is 16.7 Å². The molecule has 0 atom stereocenters. The van der Waals surface area contributed by atoms with Crippen molar-refractivity contribution in [2.45, 2.75) is 26.3 Å². The number of imidazole rings is 1. The van der Waals surface area contributed by atoms with Crippen molar-refractivity contribution in [2.75, 3.05) is 28.8 Å². The van der Waals surface area contributed by atoms with Crippen molar-refractivity contribution in [2.24, 2.45) is 5.92 Å². The SMILES string of the molecule is CC(C)C(=O)Nc1nc2ccccc2n1CN(C)c1ccnc(Nc2ccc(CS(C)(=O)=O)cc2)n1. The van der Waals surface area contributed by atoms with Crippen LogP contribution in [-0.2, 0) is 27.1 Å². The zero-order chi connectivity index (χ0) is 25.9. The Morgan fingerprint density at radius 2 is 1.78 bits per heavy atom. The van der Waals surface area contributed by atoms with Crippen molar-refractivity contribution in [1.29, 1.82) is 0 Å². The van der Waals surface area contributed by atoms with E-state index in [4.69, 9.17) is 0 Å². The van der Waals surface area contributed by atoms with E-state index in [1.54, 1.807) is 36.5 Å². The second-order valence-electron chi connectivity index (χ2n) is 8.97. The quantitative estimate of drug-likeness (QED) is 0.351. The Morgan fingerprint density at radius 1 is 1.06 bits per heavy atom. The van der Waals surface area contributed by atoms with Crippen molar-refractivity contribution in [3.05, 3.63) is 66.4 Å². The van der Waals surface area contributed by atoms with Crippen LogP contribution in [0.25, 0.3) is 11.0 Å². The average molecular weight is 508 g/mol. The van der Waals surface area contributed by atoms with Gasteiger partial charge in [0.2, 0.25) is 17.8 Å². The van der Waals surface area contributed by atoms with Crippen LogP contribution in [0.1, 0.15) is 19.4 Å². The van der Waals surface area contributed by atoms with Crippen LogP contribution >= 0.6 is 0 Å². The summed E-state index contributed by atoms with van der Waals surface area (Å²) in [6.07, 6.45) is 2.87. The monoisotopic (exact) mass is 507 g/mol. The Bertz CT molecular complexity index is 1480. The molecule has 0 radical (unpaired) electrons. The summed E-state index contributed by atoms with van der Waals surface area (Å²) in [5, 5.41) is 6.08. The third-order valence-corrected chi connectivity index (χ3v) is 6.30. The number of hydrogen-bond donors (Lipinski definition) is 2. The second kappa shape index (κ2) is 10.3. The summed E-state index contributed by atoms with van der Waals surface area (Å²) in [6, 6.07) is 16.6. The predicted octanol–water partition coefficient (Wildman–Crippen LogP) is 3.80. The number of sulfone groups is 1. The number of para-hydroxylation sites is 2. The van der Waals surface area contributed by atoms with Crippen LogP contribution in [-0.4, -0.2) is 47.1 Å². The largest absolute Gasteiger partial charge is 0.341 e. The van der Waals surface area contributed by atoms with Crippen LogP contribution in [0, 0.1) is 5.92 Å². The molecule has 0 saturated carbocycles. The van der Waals surface area contributed by atoms with E-state index in [-0.39, 0.29) is 17.6 Å². The molecule has 10 nitrogen and oxygen atoms in total. The van der Waals surface area contributed by atoms with E-state index >= 15 is 0 Å². The molecule has 188 valence electrons. The van der Waals surface area contributed by atoms with Gasteiger partial charge in [0.25, 0.3) is 0 Å². The molecule has 0 fully saturated rings. The average Bonchev–Trinajstić information content (AvgIpc) is 3.16. The van der Waals surface area contributed by atoms with Gasteiger partial charge in [-0.25, -0.2) is 18.4 Å². The normalized spacial score (nSPS) is 11.6. The zero-order valence-electron chi connectivity index (χ0n) is 20.6. The summed E-state index contributed by atoms with van der Waals surface area (Å²) < 4.78 is 24.9. The molecule has 2 N–H and O–H groups in total. The smallest absolute Gasteiger partial charge is 0.229 e. The maximum absolute atomic E-state index is 12.4. The number of nitrogens with one attached hydrogen (secondary N) is 2. The topological polar surface area (TPSA) is 122 Å². The van der Waals surface area contributed by atoms with Crippen molar-refractivity contribution < 1.29 is 13.2 Å². The van der Waals surface area contributed by atoms with Gasteiger partial charge in [-0.3, -0.25) is 14.7 Å². The standard InChI is InChI=1S/C25H29N7O3S/c1-17(2)23(33)30-25-28-20-7-5-6-8-21(20)32(25)16-31(3)22-13-14-26-24(29-22)27-19-11-9-18(10-12-19)15-36(4,34)35/h5-14,17H,15-16H2,1-4H3,(H,26,27,29)(H,28,30,33). The van der Waals surface area contributed by atoms with E-state index in [1.807, 2.05) is 54.6 Å². The fourth-order valence-corrected chi connectivity index (χ4v) is 4.39. The molecular formula is C25H29N7O3S. The minimum Gasteiger partial charge on any atom is -0.341 e. The fraction of sp³-hybridized carbons (Fsp3) is 0.280. The van der Waals surface area contributed by atoms with Crippen LogP contribution in [0.5, 0.6) is 0 Å². The summed E-state index contributed by atoms with van der Waals surface area (Å²) in [7, 11) is -1.20. The first-order chi connectivity index (χ1) is 17.1. The zero-order valence-corrected chi connectivity index (χ0v) is 21.5. The predicted molar refractivity (Wildman–Crippen MR) is 142 cm³/mol. The highest BCUT2D eigenvalue weighted by Crippen LogP contribution is 2.23. The van der Waals surface area contributed by atoms with Crippen LogP contribution in [0.15, 0.2) is 60.8 Å². The number of anilines is 4. The summed E-state index contributed by atoms with van der Waals surface area (Å²) in [5.41, 5.74) is 3.14. The first-order valence-electron chi connectivity index (χ1n) is 11.4. The third kappa shape index (κ3) is 6.16. The lowest BCUT2D eigenvalue weighted by molar-refractivity contribution is -0.118. The highest BCUT2D eigenvalue weighted by atomic mass is 32.2. The molecule has 36 heavy (non-hydrogen) atoms. The number of carbonyl (C=O) groups is 1. The molecule has 0 aliphatic carbocycles. The molecule has 0 aliphatic heterocycles. The van der Waals surface area contributed by atoms with E-state index in [2.05, 4.69) is 25.6 Å². The molecular weight excluding hydrogens is 478 g/mol. The van der Waals surface area contributed by atoms with E-state index in [1.165, 1.54) is 6.26 Å². The molecule has 4 rings (SSSR count). The van der Waals surface area contributed by atoms with Crippen molar-refractivity contribution in [1.82, 2.24) is 19.5 Å². The van der Waals surface area contributed by atoms with Crippen LogP contribution in [0.4, 0.5) is 23.4 Å². The minimum absolute atomic E-state index is 0.00734. The van der Waals surface area contributed by atoms with Crippen molar-refractivity contribution in [3.63, 3.8) is 0 Å². The van der Waals surface area contributed by atoms with Gasteiger partial charge in [0.15, 0.2) is 9.84 Å². The second-order valence-corrected chi connectivity index (χ2v) is 11.1. The highest BCUT2D eigenvalue weighted by Gasteiger charge is 2.17. The Labute approximate surface area is 210 Å². The molecule has 0 spiro atoms. The summed E-state index contributed by atoms with van der Waals surface area (Å²) in [5.74, 6) is 1.26. The van der Waals surface area contributed by atoms with Gasteiger partial charge in [-0.1, -0.05) is 38.1 Å². The Morgan fingerprint density at radius 3 is 2.47 bits per heavy atom. The van der Waals surface area contributed by atoms with Gasteiger partial charge < -0.3 is 10.2 Å². The number of hydrogen-bond acceptors (Lipinski definition) is 8. The first kappa shape index (κ1) is 25.1. The fourth-order valence-electron chi connectivity index (χ4n) is 3.59. The van der Waals surface area contributed by atoms with Crippen molar-refractivity contribution >= 4 is 50.2 Å². The van der Waals surface area contributed by atoms with Gasteiger partial charge in [-0.2, -0.15) is 4.98 Å². The lowest BCUT2D eigenvalue weighted by Crippen LogP contribution is -2.26. The Kier molecular flexibility index (Phi) is 7.20. The maximum atomic E-state index is 12.4. The summed E-state index contributed by atoms with van der Waals surface area (Å²) in [4.78, 5) is 27.8. The summed E-state index contributed by atoms with van der Waals surface area (Å²) >= 11 is 0. The first-order valence-corrected chi connectivity index (χ1v) is 13.5. The molecule has 11 heteroatoms. The van der Waals surface area contributed by atoms with Gasteiger partial charge in [-0.05, 0) is 35.9 Å². The van der Waals surface area contributed by atoms with E-state index < -0.39 is 9.84 Å². The molecule has 2 heterocycles. The molecule has 2 aromatic carbocycles. The van der Waals surface area contributed by atoms with Gasteiger partial charge in [0.05, 0.1) is 23.5 Å². The number of benzene rings is 2. The molecule has 2 aromatic heterocycles. The number of aromatic nitrogens is 4. The minimum atomic E-state index is -3.09. The van der Waals surface area contributed by atoms with Gasteiger partial charge in [0, 0.05) is 31.1 Å². The molecule has 4 aromatic rings. The Hall–Kier alpha value is -3.99. The molecule has 1 amide bonds. The van der Waals surface area contributed by atoms with Gasteiger partial charge in [0.1, 0.15) is 5.82 Å². The molecule has 0 aliphatic rings. The number of rotatable bonds is 9. The van der Waals surface area contributed by atoms with E-state index in [9.17, 15) is 13.2 Å². The maximum Gasteiger partial charge on any atom is 0.229 e. The highest BCUT2D eigenvalue weighted by molar-refractivity contribution is 7.89. The van der Waals surface area contributed by atoms with Gasteiger partial charge >= 0.3 is 0 Å². The number of carbonyl (C=O) groups excluding carboxylic acids is 1. The summed E-state index contributed by atoms with van der Waals surface area (Å²) in [6.45, 7) is 4.07. The number of fused-ring (bicyclic) bond motifs is 1. The van der Waals surface area contributed by atoms with Crippen molar-refractivity contribution in [3.8, 4) is 0 Å². The lowest BCUT2D eigenvalue weighted by Gasteiger charge is -2.21. The molecule has 0 unspecified atom stereocenters. The van der Waals surface area contributed by atoms with Crippen LogP contribution in [0.2, 0.25) is 0 Å². The van der Waals surface area contributed by atoms with E-state index in [0.29, 0.717) is 29.9 Å². The van der Waals surface area contributed by atoms with Gasteiger partial charge in [-0.15, -0.1) is 0 Å². The Balaban J connectivity index is 1.53. The number of amides is 1. The van der Waals surface area contributed by atoms with Crippen LogP contribution in [0.3, 0.4) is 0 Å².